The molecule has 4 rings (SSSR count). The van der Waals surface area contributed by atoms with Crippen molar-refractivity contribution < 1.29 is 14.1 Å². The third-order valence-electron chi connectivity index (χ3n) is 5.22. The fraction of sp³-hybridized carbons (Fsp3) is 0.261. The molecule has 0 spiro atoms. The van der Waals surface area contributed by atoms with Gasteiger partial charge >= 0.3 is 0 Å². The average Bonchev–Trinajstić information content (AvgIpc) is 3.21. The van der Waals surface area contributed by atoms with Gasteiger partial charge in [0.1, 0.15) is 5.76 Å². The first-order valence-electron chi connectivity index (χ1n) is 9.79. The number of hydrogen-bond donors (Lipinski definition) is 1. The van der Waals surface area contributed by atoms with Gasteiger partial charge < -0.3 is 14.7 Å². The summed E-state index contributed by atoms with van der Waals surface area (Å²) < 4.78 is 4.98. The molecule has 2 amide bonds. The first-order chi connectivity index (χ1) is 14.1. The van der Waals surface area contributed by atoms with Gasteiger partial charge in [-0.15, -0.1) is 0 Å². The van der Waals surface area contributed by atoms with Gasteiger partial charge in [-0.1, -0.05) is 47.6 Å². The maximum atomic E-state index is 12.6. The van der Waals surface area contributed by atoms with Crippen LogP contribution in [0.3, 0.4) is 0 Å². The van der Waals surface area contributed by atoms with E-state index in [0.29, 0.717) is 30.1 Å². The summed E-state index contributed by atoms with van der Waals surface area (Å²) in [4.78, 5) is 26.8. The first-order valence-corrected chi connectivity index (χ1v) is 9.79. The molecule has 1 saturated heterocycles. The van der Waals surface area contributed by atoms with E-state index in [9.17, 15) is 9.59 Å². The van der Waals surface area contributed by atoms with Crippen molar-refractivity contribution >= 4 is 11.8 Å². The quantitative estimate of drug-likeness (QED) is 0.738. The molecular weight excluding hydrogens is 366 g/mol. The zero-order valence-electron chi connectivity index (χ0n) is 16.3. The van der Waals surface area contributed by atoms with E-state index in [1.807, 2.05) is 54.6 Å². The van der Waals surface area contributed by atoms with Crippen LogP contribution in [-0.2, 0) is 0 Å². The van der Waals surface area contributed by atoms with Gasteiger partial charge in [0.25, 0.3) is 11.8 Å². The summed E-state index contributed by atoms with van der Waals surface area (Å²) in [6.45, 7) is 2.93. The van der Waals surface area contributed by atoms with E-state index in [4.69, 9.17) is 4.52 Å². The van der Waals surface area contributed by atoms with Crippen molar-refractivity contribution in [3.8, 4) is 11.1 Å². The highest BCUT2D eigenvalue weighted by Gasteiger charge is 2.26. The molecule has 0 unspecified atom stereocenters. The molecule has 0 radical (unpaired) electrons. The number of benzene rings is 2. The zero-order valence-corrected chi connectivity index (χ0v) is 16.3. The Morgan fingerprint density at radius 2 is 1.66 bits per heavy atom. The Labute approximate surface area is 169 Å². The van der Waals surface area contributed by atoms with Crippen molar-refractivity contribution in [3.05, 3.63) is 77.7 Å². The summed E-state index contributed by atoms with van der Waals surface area (Å²) in [6, 6.07) is 19.4. The van der Waals surface area contributed by atoms with Gasteiger partial charge in [-0.25, -0.2) is 0 Å². The zero-order chi connectivity index (χ0) is 20.2. The monoisotopic (exact) mass is 389 g/mol. The predicted octanol–water partition coefficient (Wildman–Crippen LogP) is 3.68. The van der Waals surface area contributed by atoms with E-state index in [2.05, 4.69) is 10.5 Å². The van der Waals surface area contributed by atoms with Gasteiger partial charge in [-0.05, 0) is 43.0 Å². The minimum atomic E-state index is -0.122. The number of aromatic nitrogens is 1. The lowest BCUT2D eigenvalue weighted by molar-refractivity contribution is 0.0688. The number of rotatable bonds is 4. The fourth-order valence-electron chi connectivity index (χ4n) is 3.57. The number of carbonyl (C=O) groups excluding carboxylic acids is 2. The van der Waals surface area contributed by atoms with Crippen LogP contribution in [0.15, 0.2) is 65.2 Å². The first kappa shape index (κ1) is 18.9. The molecule has 1 aliphatic rings. The number of hydrogen-bond acceptors (Lipinski definition) is 4. The van der Waals surface area contributed by atoms with E-state index in [1.165, 1.54) is 0 Å². The van der Waals surface area contributed by atoms with Gasteiger partial charge in [0.05, 0.1) is 0 Å². The molecule has 0 saturated carbocycles. The summed E-state index contributed by atoms with van der Waals surface area (Å²) in [5.41, 5.74) is 3.18. The molecule has 1 aromatic heterocycles. The van der Waals surface area contributed by atoms with Gasteiger partial charge in [-0.3, -0.25) is 9.59 Å². The standard InChI is InChI=1S/C23H23N3O3/c1-16-15-21(25-29-16)23(28)26-13-11-20(12-14-26)24-22(27)19-9-7-18(8-10-19)17-5-3-2-4-6-17/h2-10,15,20H,11-14H2,1H3,(H,24,27). The highest BCUT2D eigenvalue weighted by molar-refractivity contribution is 5.95. The Kier molecular flexibility index (Phi) is 5.42. The second-order valence-electron chi connectivity index (χ2n) is 7.31. The molecule has 2 aromatic carbocycles. The Balaban J connectivity index is 1.31. The molecule has 148 valence electrons. The van der Waals surface area contributed by atoms with Crippen molar-refractivity contribution in [2.75, 3.05) is 13.1 Å². The van der Waals surface area contributed by atoms with E-state index in [-0.39, 0.29) is 17.9 Å². The van der Waals surface area contributed by atoms with E-state index < -0.39 is 0 Å². The third kappa shape index (κ3) is 4.37. The SMILES string of the molecule is Cc1cc(C(=O)N2CCC(NC(=O)c3ccc(-c4ccccc4)cc3)CC2)no1. The lowest BCUT2D eigenvalue weighted by Crippen LogP contribution is -2.46. The Morgan fingerprint density at radius 3 is 2.28 bits per heavy atom. The predicted molar refractivity (Wildman–Crippen MR) is 110 cm³/mol. The van der Waals surface area contributed by atoms with Crippen LogP contribution in [0.1, 0.15) is 39.4 Å². The lowest BCUT2D eigenvalue weighted by Gasteiger charge is -2.31. The van der Waals surface area contributed by atoms with Crippen molar-refractivity contribution in [1.29, 1.82) is 0 Å². The van der Waals surface area contributed by atoms with Crippen molar-refractivity contribution in [2.45, 2.75) is 25.8 Å². The largest absolute Gasteiger partial charge is 0.361 e. The van der Waals surface area contributed by atoms with Crippen LogP contribution >= 0.6 is 0 Å². The molecule has 1 fully saturated rings. The van der Waals surface area contributed by atoms with Crippen molar-refractivity contribution in [1.82, 2.24) is 15.4 Å². The fourth-order valence-corrected chi connectivity index (χ4v) is 3.57. The summed E-state index contributed by atoms with van der Waals surface area (Å²) >= 11 is 0. The smallest absolute Gasteiger partial charge is 0.276 e. The minimum absolute atomic E-state index is 0.0550. The van der Waals surface area contributed by atoms with Crippen LogP contribution in [0.25, 0.3) is 11.1 Å². The molecule has 1 N–H and O–H groups in total. The van der Waals surface area contributed by atoms with Crippen LogP contribution in [0.4, 0.5) is 0 Å². The average molecular weight is 389 g/mol. The molecule has 0 bridgehead atoms. The van der Waals surface area contributed by atoms with Crippen LogP contribution in [-0.4, -0.2) is 41.0 Å². The maximum absolute atomic E-state index is 12.6. The topological polar surface area (TPSA) is 75.4 Å². The summed E-state index contributed by atoms with van der Waals surface area (Å²) in [5, 5.41) is 6.88. The number of piperidine rings is 1. The van der Waals surface area contributed by atoms with Crippen molar-refractivity contribution in [2.24, 2.45) is 0 Å². The Morgan fingerprint density at radius 1 is 1.00 bits per heavy atom. The van der Waals surface area contributed by atoms with E-state index in [1.54, 1.807) is 17.9 Å². The third-order valence-corrected chi connectivity index (χ3v) is 5.22. The second-order valence-corrected chi connectivity index (χ2v) is 7.31. The summed E-state index contributed by atoms with van der Waals surface area (Å²) in [5.74, 6) is 0.415. The van der Waals surface area contributed by atoms with Gasteiger partial charge in [0.2, 0.25) is 0 Å². The van der Waals surface area contributed by atoms with Crippen LogP contribution in [0, 0.1) is 6.92 Å². The maximum Gasteiger partial charge on any atom is 0.276 e. The molecule has 0 aliphatic carbocycles. The molecule has 2 heterocycles. The van der Waals surface area contributed by atoms with Gasteiger partial charge in [0, 0.05) is 30.8 Å². The molecule has 6 nitrogen and oxygen atoms in total. The number of nitrogens with zero attached hydrogens (tertiary/aromatic N) is 2. The highest BCUT2D eigenvalue weighted by atomic mass is 16.5. The molecular formula is C23H23N3O3. The summed E-state index contributed by atoms with van der Waals surface area (Å²) in [6.07, 6.45) is 1.44. The normalized spacial score (nSPS) is 14.6. The molecule has 3 aromatic rings. The number of amides is 2. The molecule has 0 atom stereocenters. The Hall–Kier alpha value is -3.41. The highest BCUT2D eigenvalue weighted by Crippen LogP contribution is 2.20. The number of nitrogens with one attached hydrogen (secondary N) is 1. The van der Waals surface area contributed by atoms with E-state index >= 15 is 0 Å². The number of carbonyl (C=O) groups is 2. The number of aryl methyl sites for hydroxylation is 1. The van der Waals surface area contributed by atoms with Gasteiger partial charge in [-0.2, -0.15) is 0 Å². The number of likely N-dealkylation sites (tertiary alicyclic amines) is 1. The summed E-state index contributed by atoms with van der Waals surface area (Å²) in [7, 11) is 0. The molecule has 6 heteroatoms. The minimum Gasteiger partial charge on any atom is -0.361 e. The van der Waals surface area contributed by atoms with Crippen LogP contribution in [0.5, 0.6) is 0 Å². The van der Waals surface area contributed by atoms with Crippen molar-refractivity contribution in [3.63, 3.8) is 0 Å². The van der Waals surface area contributed by atoms with Gasteiger partial charge in [0.15, 0.2) is 5.69 Å². The molecule has 1 aliphatic heterocycles. The second kappa shape index (κ2) is 8.31. The lowest BCUT2D eigenvalue weighted by atomic mass is 10.0. The Bertz CT molecular complexity index is 988. The van der Waals surface area contributed by atoms with Crippen LogP contribution in [0.2, 0.25) is 0 Å². The van der Waals surface area contributed by atoms with Crippen LogP contribution < -0.4 is 5.32 Å². The molecule has 29 heavy (non-hydrogen) atoms. The van der Waals surface area contributed by atoms with E-state index in [0.717, 1.165) is 24.0 Å².